The van der Waals surface area contributed by atoms with E-state index in [2.05, 4.69) is 30.1 Å². The van der Waals surface area contributed by atoms with E-state index in [0.717, 1.165) is 24.3 Å². The second-order valence-corrected chi connectivity index (χ2v) is 5.61. The van der Waals surface area contributed by atoms with E-state index in [9.17, 15) is 0 Å². The van der Waals surface area contributed by atoms with Gasteiger partial charge >= 0.3 is 0 Å². The van der Waals surface area contributed by atoms with Crippen LogP contribution < -0.4 is 11.1 Å². The van der Waals surface area contributed by atoms with Gasteiger partial charge in [-0.05, 0) is 44.5 Å². The summed E-state index contributed by atoms with van der Waals surface area (Å²) in [4.78, 5) is 3.00. The highest BCUT2D eigenvalue weighted by atomic mass is 32.1. The molecule has 0 bridgehead atoms. The van der Waals surface area contributed by atoms with Gasteiger partial charge in [-0.3, -0.25) is 4.90 Å². The lowest BCUT2D eigenvalue weighted by Crippen LogP contribution is -2.35. The molecule has 3 N–H and O–H groups in total. The maximum atomic E-state index is 5.80. The first-order valence-electron chi connectivity index (χ1n) is 7.00. The number of likely N-dealkylation sites (N-methyl/N-ethyl adjacent to an activating group) is 1. The van der Waals surface area contributed by atoms with E-state index in [1.54, 1.807) is 0 Å². The summed E-state index contributed by atoms with van der Waals surface area (Å²) >= 11 is 5.13. The number of hydrogen-bond donors (Lipinski definition) is 2. The van der Waals surface area contributed by atoms with Crippen LogP contribution in [0.2, 0.25) is 0 Å². The molecule has 1 unspecified atom stereocenters. The van der Waals surface area contributed by atoms with E-state index in [0.29, 0.717) is 11.0 Å². The Kier molecular flexibility index (Phi) is 4.77. The standard InChI is InChI=1S/C15H23N3S/c1-3-18-9-5-7-12(18)10-17-14-11(2)6-4-8-13(14)15(16)19/h4,6,8,12,17H,3,5,7,9-10H2,1-2H3,(H2,16,19). The van der Waals surface area contributed by atoms with Crippen LogP contribution >= 0.6 is 12.2 Å². The Morgan fingerprint density at radius 2 is 2.32 bits per heavy atom. The molecule has 0 amide bonds. The van der Waals surface area contributed by atoms with Crippen LogP contribution in [0.4, 0.5) is 5.69 Å². The Hall–Kier alpha value is -1.13. The number of thiocarbonyl (C=S) groups is 1. The second-order valence-electron chi connectivity index (χ2n) is 5.17. The molecule has 104 valence electrons. The molecule has 0 spiro atoms. The number of nitrogens with one attached hydrogen (secondary N) is 1. The van der Waals surface area contributed by atoms with Crippen molar-refractivity contribution in [2.75, 3.05) is 25.0 Å². The fraction of sp³-hybridized carbons (Fsp3) is 0.533. The number of rotatable bonds is 5. The molecule has 0 radical (unpaired) electrons. The molecule has 1 atom stereocenters. The normalized spacial score (nSPS) is 19.6. The summed E-state index contributed by atoms with van der Waals surface area (Å²) in [6, 6.07) is 6.71. The van der Waals surface area contributed by atoms with Crippen LogP contribution in [0.3, 0.4) is 0 Å². The SMILES string of the molecule is CCN1CCCC1CNc1c(C)cccc1C(N)=S. The molecule has 0 saturated carbocycles. The van der Waals surface area contributed by atoms with Crippen LogP contribution in [0.15, 0.2) is 18.2 Å². The molecular formula is C15H23N3S. The predicted molar refractivity (Wildman–Crippen MR) is 85.8 cm³/mol. The molecule has 2 rings (SSSR count). The van der Waals surface area contributed by atoms with Crippen LogP contribution in [0, 0.1) is 6.92 Å². The highest BCUT2D eigenvalue weighted by Gasteiger charge is 2.22. The van der Waals surface area contributed by atoms with Crippen molar-refractivity contribution in [1.29, 1.82) is 0 Å². The van der Waals surface area contributed by atoms with Gasteiger partial charge in [0.05, 0.1) is 0 Å². The lowest BCUT2D eigenvalue weighted by molar-refractivity contribution is 0.277. The van der Waals surface area contributed by atoms with Gasteiger partial charge in [0.2, 0.25) is 0 Å². The first-order chi connectivity index (χ1) is 9.13. The Bertz CT molecular complexity index is 459. The molecule has 1 saturated heterocycles. The van der Waals surface area contributed by atoms with Gasteiger partial charge in [0, 0.05) is 23.8 Å². The largest absolute Gasteiger partial charge is 0.389 e. The quantitative estimate of drug-likeness (QED) is 0.812. The Morgan fingerprint density at radius 1 is 1.53 bits per heavy atom. The third kappa shape index (κ3) is 3.25. The summed E-state index contributed by atoms with van der Waals surface area (Å²) in [5.41, 5.74) is 9.05. The Labute approximate surface area is 121 Å². The van der Waals surface area contributed by atoms with E-state index < -0.39 is 0 Å². The van der Waals surface area contributed by atoms with Crippen LogP contribution in [0.25, 0.3) is 0 Å². The maximum Gasteiger partial charge on any atom is 0.106 e. The van der Waals surface area contributed by atoms with Crippen molar-refractivity contribution in [2.45, 2.75) is 32.7 Å². The molecule has 4 heteroatoms. The van der Waals surface area contributed by atoms with E-state index in [4.69, 9.17) is 18.0 Å². The van der Waals surface area contributed by atoms with E-state index in [-0.39, 0.29) is 0 Å². The average molecular weight is 277 g/mol. The van der Waals surface area contributed by atoms with Crippen LogP contribution in [0.5, 0.6) is 0 Å². The highest BCUT2D eigenvalue weighted by molar-refractivity contribution is 7.80. The molecule has 1 aromatic rings. The molecule has 0 aromatic heterocycles. The third-order valence-electron chi connectivity index (χ3n) is 3.96. The monoisotopic (exact) mass is 277 g/mol. The number of anilines is 1. The fourth-order valence-electron chi connectivity index (χ4n) is 2.87. The lowest BCUT2D eigenvalue weighted by atomic mass is 10.1. The minimum atomic E-state index is 0.463. The minimum Gasteiger partial charge on any atom is -0.389 e. The van der Waals surface area contributed by atoms with Gasteiger partial charge in [0.25, 0.3) is 0 Å². The Morgan fingerprint density at radius 3 is 3.00 bits per heavy atom. The third-order valence-corrected chi connectivity index (χ3v) is 4.18. The summed E-state index contributed by atoms with van der Waals surface area (Å²) in [7, 11) is 0. The number of nitrogens with two attached hydrogens (primary N) is 1. The molecule has 1 aromatic carbocycles. The highest BCUT2D eigenvalue weighted by Crippen LogP contribution is 2.22. The summed E-state index contributed by atoms with van der Waals surface area (Å²) in [5, 5.41) is 3.56. The number of benzene rings is 1. The molecule has 3 nitrogen and oxygen atoms in total. The van der Waals surface area contributed by atoms with E-state index in [1.165, 1.54) is 24.9 Å². The lowest BCUT2D eigenvalue weighted by Gasteiger charge is -2.24. The molecule has 1 aliphatic heterocycles. The molecule has 19 heavy (non-hydrogen) atoms. The number of aryl methyl sites for hydroxylation is 1. The van der Waals surface area contributed by atoms with Gasteiger partial charge in [-0.1, -0.05) is 31.3 Å². The minimum absolute atomic E-state index is 0.463. The van der Waals surface area contributed by atoms with Crippen molar-refractivity contribution in [2.24, 2.45) is 5.73 Å². The van der Waals surface area contributed by atoms with Crippen LogP contribution in [-0.2, 0) is 0 Å². The fourth-order valence-corrected chi connectivity index (χ4v) is 3.04. The summed E-state index contributed by atoms with van der Waals surface area (Å²) in [6.45, 7) is 7.64. The maximum absolute atomic E-state index is 5.80. The molecule has 1 heterocycles. The van der Waals surface area contributed by atoms with E-state index >= 15 is 0 Å². The van der Waals surface area contributed by atoms with Crippen LogP contribution in [-0.4, -0.2) is 35.6 Å². The summed E-state index contributed by atoms with van der Waals surface area (Å²) in [6.07, 6.45) is 2.57. The Balaban J connectivity index is 2.09. The van der Waals surface area contributed by atoms with Gasteiger partial charge in [0.1, 0.15) is 4.99 Å². The van der Waals surface area contributed by atoms with Crippen molar-refractivity contribution < 1.29 is 0 Å². The summed E-state index contributed by atoms with van der Waals surface area (Å²) < 4.78 is 0. The second kappa shape index (κ2) is 6.35. The zero-order valence-electron chi connectivity index (χ0n) is 11.8. The smallest absolute Gasteiger partial charge is 0.106 e. The van der Waals surface area contributed by atoms with Crippen LogP contribution in [0.1, 0.15) is 30.9 Å². The predicted octanol–water partition coefficient (Wildman–Crippen LogP) is 2.53. The van der Waals surface area contributed by atoms with Crippen molar-refractivity contribution >= 4 is 22.9 Å². The average Bonchev–Trinajstić information content (AvgIpc) is 2.84. The first-order valence-corrected chi connectivity index (χ1v) is 7.41. The molecular weight excluding hydrogens is 254 g/mol. The molecule has 0 aliphatic carbocycles. The number of nitrogens with zero attached hydrogens (tertiary/aromatic N) is 1. The zero-order chi connectivity index (χ0) is 13.8. The number of para-hydroxylation sites is 1. The van der Waals surface area contributed by atoms with Crippen molar-refractivity contribution in [1.82, 2.24) is 4.90 Å². The number of hydrogen-bond acceptors (Lipinski definition) is 3. The first kappa shape index (κ1) is 14.3. The summed E-state index contributed by atoms with van der Waals surface area (Å²) in [5.74, 6) is 0. The van der Waals surface area contributed by atoms with Gasteiger partial charge < -0.3 is 11.1 Å². The van der Waals surface area contributed by atoms with Gasteiger partial charge in [0.15, 0.2) is 0 Å². The number of likely N-dealkylation sites (tertiary alicyclic amines) is 1. The van der Waals surface area contributed by atoms with Gasteiger partial charge in [-0.15, -0.1) is 0 Å². The van der Waals surface area contributed by atoms with Gasteiger partial charge in [-0.2, -0.15) is 0 Å². The zero-order valence-corrected chi connectivity index (χ0v) is 12.6. The topological polar surface area (TPSA) is 41.3 Å². The van der Waals surface area contributed by atoms with Crippen molar-refractivity contribution in [3.63, 3.8) is 0 Å². The molecule has 1 aliphatic rings. The van der Waals surface area contributed by atoms with Gasteiger partial charge in [-0.25, -0.2) is 0 Å². The van der Waals surface area contributed by atoms with Crippen molar-refractivity contribution in [3.05, 3.63) is 29.3 Å². The molecule has 1 fully saturated rings. The van der Waals surface area contributed by atoms with Crippen molar-refractivity contribution in [3.8, 4) is 0 Å². The van der Waals surface area contributed by atoms with E-state index in [1.807, 2.05) is 12.1 Å².